The van der Waals surface area contributed by atoms with Crippen LogP contribution in [0.4, 0.5) is 0 Å². The van der Waals surface area contributed by atoms with E-state index in [9.17, 15) is 28.7 Å². The van der Waals surface area contributed by atoms with Crippen LogP contribution in [0.2, 0.25) is 0 Å². The smallest absolute Gasteiger partial charge is 0.351 e. The standard InChI is InChI=1S/C8H11NO6P2S/c10-16(11,12)8(17(13,14)15)2-5-1-6(18)4-9-7(5)3-8/h1-3,9,18H,4H2,(H2,10,11,12)(H2,13,14,15). The van der Waals surface area contributed by atoms with Crippen LogP contribution in [0.25, 0.3) is 0 Å². The maximum atomic E-state index is 11.5. The summed E-state index contributed by atoms with van der Waals surface area (Å²) in [5.41, 5.74) is 0.609. The molecule has 1 aliphatic carbocycles. The maximum Gasteiger partial charge on any atom is 0.351 e. The van der Waals surface area contributed by atoms with Crippen molar-refractivity contribution in [2.24, 2.45) is 0 Å². The van der Waals surface area contributed by atoms with Crippen molar-refractivity contribution in [2.45, 2.75) is 4.90 Å². The molecule has 0 spiro atoms. The van der Waals surface area contributed by atoms with Crippen molar-refractivity contribution in [3.05, 3.63) is 34.4 Å². The van der Waals surface area contributed by atoms with Gasteiger partial charge in [0.25, 0.3) is 0 Å². The molecule has 0 fully saturated rings. The number of thiol groups is 1. The second kappa shape index (κ2) is 4.08. The van der Waals surface area contributed by atoms with Crippen LogP contribution in [0.5, 0.6) is 0 Å². The quantitative estimate of drug-likeness (QED) is 0.319. The fourth-order valence-electron chi connectivity index (χ4n) is 1.84. The van der Waals surface area contributed by atoms with E-state index in [1.54, 1.807) is 0 Å². The molecule has 18 heavy (non-hydrogen) atoms. The van der Waals surface area contributed by atoms with Crippen molar-refractivity contribution in [3.63, 3.8) is 0 Å². The monoisotopic (exact) mass is 311 g/mol. The van der Waals surface area contributed by atoms with E-state index >= 15 is 0 Å². The predicted octanol–water partition coefficient (Wildman–Crippen LogP) is 0.279. The Bertz CT molecular complexity index is 560. The molecule has 2 rings (SSSR count). The van der Waals surface area contributed by atoms with E-state index in [1.165, 1.54) is 6.08 Å². The first-order valence-corrected chi connectivity index (χ1v) is 8.45. The lowest BCUT2D eigenvalue weighted by Gasteiger charge is -2.26. The zero-order valence-electron chi connectivity index (χ0n) is 8.89. The molecule has 100 valence electrons. The highest BCUT2D eigenvalue weighted by Gasteiger charge is 2.59. The SMILES string of the molecule is O=P(O)(O)C1(P(=O)(O)O)C=C2C=C(S)CNC2=C1. The molecule has 1 aliphatic heterocycles. The van der Waals surface area contributed by atoms with Gasteiger partial charge in [-0.2, -0.15) is 0 Å². The summed E-state index contributed by atoms with van der Waals surface area (Å²) in [5.74, 6) is 0. The Hall–Kier alpha value is -0.330. The highest BCUT2D eigenvalue weighted by Crippen LogP contribution is 2.72. The molecule has 0 amide bonds. The second-order valence-electron chi connectivity index (χ2n) is 4.02. The molecular weight excluding hydrogens is 300 g/mol. The van der Waals surface area contributed by atoms with Crippen LogP contribution in [0.15, 0.2) is 34.4 Å². The van der Waals surface area contributed by atoms with Crippen molar-refractivity contribution in [1.82, 2.24) is 5.32 Å². The van der Waals surface area contributed by atoms with Gasteiger partial charge in [-0.3, -0.25) is 9.13 Å². The first kappa shape index (κ1) is 14.1. The van der Waals surface area contributed by atoms with E-state index in [0.717, 1.165) is 12.2 Å². The summed E-state index contributed by atoms with van der Waals surface area (Å²) in [6.07, 6.45) is 3.32. The van der Waals surface area contributed by atoms with Crippen molar-refractivity contribution < 1.29 is 28.7 Å². The van der Waals surface area contributed by atoms with E-state index in [2.05, 4.69) is 17.9 Å². The molecule has 5 N–H and O–H groups in total. The van der Waals surface area contributed by atoms with E-state index < -0.39 is 20.1 Å². The zero-order valence-corrected chi connectivity index (χ0v) is 11.6. The molecule has 0 saturated carbocycles. The summed E-state index contributed by atoms with van der Waals surface area (Å²) in [5, 5.41) is 2.79. The maximum absolute atomic E-state index is 11.5. The molecule has 10 heteroatoms. The first-order valence-electron chi connectivity index (χ1n) is 4.78. The molecule has 0 radical (unpaired) electrons. The Morgan fingerprint density at radius 2 is 1.72 bits per heavy atom. The first-order chi connectivity index (χ1) is 8.07. The summed E-state index contributed by atoms with van der Waals surface area (Å²) in [6, 6.07) is 0. The minimum Gasteiger partial charge on any atom is -0.380 e. The van der Waals surface area contributed by atoms with Crippen molar-refractivity contribution in [2.75, 3.05) is 6.54 Å². The highest BCUT2D eigenvalue weighted by atomic mass is 32.1. The third-order valence-corrected chi connectivity index (χ3v) is 6.98. The van der Waals surface area contributed by atoms with E-state index in [1.807, 2.05) is 0 Å². The van der Waals surface area contributed by atoms with Gasteiger partial charge in [0.1, 0.15) is 0 Å². The summed E-state index contributed by atoms with van der Waals surface area (Å²) < 4.78 is 22.9. The minimum atomic E-state index is -5.07. The van der Waals surface area contributed by atoms with Gasteiger partial charge in [0, 0.05) is 17.1 Å². The third-order valence-electron chi connectivity index (χ3n) is 2.75. The van der Waals surface area contributed by atoms with Gasteiger partial charge in [0.15, 0.2) is 0 Å². The Labute approximate surface area is 108 Å². The summed E-state index contributed by atoms with van der Waals surface area (Å²) in [6.45, 7) is 0.338. The fourth-order valence-corrected chi connectivity index (χ4v) is 4.62. The van der Waals surface area contributed by atoms with Gasteiger partial charge in [-0.15, -0.1) is 12.6 Å². The number of rotatable bonds is 2. The van der Waals surface area contributed by atoms with Gasteiger partial charge in [-0.25, -0.2) is 0 Å². The van der Waals surface area contributed by atoms with Crippen molar-refractivity contribution in [3.8, 4) is 0 Å². The van der Waals surface area contributed by atoms with E-state index in [0.29, 0.717) is 22.7 Å². The molecule has 7 nitrogen and oxygen atoms in total. The Morgan fingerprint density at radius 1 is 1.17 bits per heavy atom. The van der Waals surface area contributed by atoms with Crippen LogP contribution in [0, 0.1) is 0 Å². The van der Waals surface area contributed by atoms with Gasteiger partial charge in [0.05, 0.1) is 0 Å². The molecule has 0 aromatic heterocycles. The summed E-state index contributed by atoms with van der Waals surface area (Å²) in [4.78, 5) is 35.1. The average molecular weight is 311 g/mol. The molecule has 0 bridgehead atoms. The van der Waals surface area contributed by atoms with Gasteiger partial charge in [-0.05, 0) is 23.8 Å². The largest absolute Gasteiger partial charge is 0.380 e. The van der Waals surface area contributed by atoms with E-state index in [4.69, 9.17) is 0 Å². The minimum absolute atomic E-state index is 0.291. The molecule has 1 heterocycles. The van der Waals surface area contributed by atoms with Gasteiger partial charge < -0.3 is 24.9 Å². The molecular formula is C8H11NO6P2S. The predicted molar refractivity (Wildman–Crippen MR) is 68.1 cm³/mol. The lowest BCUT2D eigenvalue weighted by Crippen LogP contribution is -2.23. The van der Waals surface area contributed by atoms with Gasteiger partial charge in [0.2, 0.25) is 4.90 Å². The average Bonchev–Trinajstić information content (AvgIpc) is 2.55. The van der Waals surface area contributed by atoms with Crippen LogP contribution in [0.3, 0.4) is 0 Å². The number of fused-ring (bicyclic) bond motifs is 1. The molecule has 0 saturated heterocycles. The van der Waals surface area contributed by atoms with Gasteiger partial charge in [-0.1, -0.05) is 0 Å². The van der Waals surface area contributed by atoms with Crippen LogP contribution in [-0.2, 0) is 9.13 Å². The number of hydrogen-bond donors (Lipinski definition) is 6. The van der Waals surface area contributed by atoms with Crippen LogP contribution < -0.4 is 5.32 Å². The highest BCUT2D eigenvalue weighted by molar-refractivity contribution is 7.84. The lowest BCUT2D eigenvalue weighted by atomic mass is 10.1. The summed E-state index contributed by atoms with van der Waals surface area (Å²) in [7, 11) is -10.1. The molecule has 0 aromatic carbocycles. The zero-order chi connectivity index (χ0) is 13.8. The second-order valence-corrected chi connectivity index (χ2v) is 8.60. The summed E-state index contributed by atoms with van der Waals surface area (Å²) >= 11 is 4.09. The lowest BCUT2D eigenvalue weighted by molar-refractivity contribution is 0.333. The van der Waals surface area contributed by atoms with E-state index in [-0.39, 0.29) is 0 Å². The van der Waals surface area contributed by atoms with Crippen LogP contribution >= 0.6 is 27.8 Å². The molecule has 0 atom stereocenters. The fraction of sp³-hybridized carbons (Fsp3) is 0.250. The number of hydrogen-bond acceptors (Lipinski definition) is 4. The molecule has 2 aliphatic rings. The van der Waals surface area contributed by atoms with Crippen LogP contribution in [-0.4, -0.2) is 31.0 Å². The van der Waals surface area contributed by atoms with Crippen molar-refractivity contribution >= 4 is 27.8 Å². The Balaban J connectivity index is 2.67. The normalized spacial score (nSPS) is 22.6. The topological polar surface area (TPSA) is 127 Å². The number of allylic oxidation sites excluding steroid dienone is 3. The molecule has 0 unspecified atom stereocenters. The van der Waals surface area contributed by atoms with Crippen molar-refractivity contribution in [1.29, 1.82) is 0 Å². The Morgan fingerprint density at radius 3 is 2.22 bits per heavy atom. The van der Waals surface area contributed by atoms with Gasteiger partial charge >= 0.3 is 15.2 Å². The molecule has 0 aromatic rings. The number of nitrogens with one attached hydrogen (secondary N) is 1. The van der Waals surface area contributed by atoms with Crippen LogP contribution in [0.1, 0.15) is 0 Å². The Kier molecular flexibility index (Phi) is 3.19. The third kappa shape index (κ3) is 2.04.